The molecule has 0 aromatic heterocycles. The number of anilines is 1. The summed E-state index contributed by atoms with van der Waals surface area (Å²) in [6, 6.07) is 7.22. The van der Waals surface area contributed by atoms with Gasteiger partial charge in [0.15, 0.2) is 0 Å². The van der Waals surface area contributed by atoms with Crippen LogP contribution in [0.2, 0.25) is 5.02 Å². The summed E-state index contributed by atoms with van der Waals surface area (Å²) in [6.07, 6.45) is 0.00603. The van der Waals surface area contributed by atoms with Gasteiger partial charge in [-0.25, -0.2) is 0 Å². The fourth-order valence-corrected chi connectivity index (χ4v) is 2.51. The summed E-state index contributed by atoms with van der Waals surface area (Å²) in [7, 11) is 0. The molecule has 1 fully saturated rings. The first-order valence-electron chi connectivity index (χ1n) is 4.29. The molecule has 0 radical (unpaired) electrons. The number of halogens is 1. The standard InChI is InChI=1S/C9H10ClNO2S/c1-7-6-11(14(12)13-7)9-4-2-8(10)3-5-9/h2-5,7H,6H2,1H3/t7-,14?/m1/s1. The van der Waals surface area contributed by atoms with Gasteiger partial charge >= 0.3 is 0 Å². The molecule has 3 nitrogen and oxygen atoms in total. The highest BCUT2D eigenvalue weighted by Gasteiger charge is 2.35. The van der Waals surface area contributed by atoms with E-state index < -0.39 is 11.6 Å². The molecule has 0 spiro atoms. The number of hydrogen-bond acceptors (Lipinski definition) is 3. The molecule has 0 amide bonds. The van der Waals surface area contributed by atoms with E-state index in [4.69, 9.17) is 15.8 Å². The normalized spacial score (nSPS) is 26.9. The molecule has 76 valence electrons. The maximum absolute atomic E-state index is 11.5. The van der Waals surface area contributed by atoms with Gasteiger partial charge in [0.05, 0.1) is 12.2 Å². The highest BCUT2D eigenvalue weighted by Crippen LogP contribution is 2.26. The van der Waals surface area contributed by atoms with Crippen molar-refractivity contribution in [1.29, 1.82) is 0 Å². The highest BCUT2D eigenvalue weighted by atomic mass is 35.5. The van der Waals surface area contributed by atoms with E-state index in [2.05, 4.69) is 0 Å². The molecule has 1 heterocycles. The van der Waals surface area contributed by atoms with Gasteiger partial charge in [0.2, 0.25) is 11.6 Å². The van der Waals surface area contributed by atoms with Crippen molar-refractivity contribution < 1.29 is 8.74 Å². The zero-order chi connectivity index (χ0) is 10.1. The van der Waals surface area contributed by atoms with Crippen LogP contribution in [0, 0.1) is 0 Å². The molecule has 1 unspecified atom stereocenters. The molecule has 0 bridgehead atoms. The monoisotopic (exact) mass is 231 g/mol. The van der Waals surface area contributed by atoms with Crippen LogP contribution in [0.3, 0.4) is 0 Å². The molecule has 1 aromatic carbocycles. The van der Waals surface area contributed by atoms with Crippen molar-refractivity contribution in [1.82, 2.24) is 0 Å². The molecular weight excluding hydrogens is 222 g/mol. The maximum atomic E-state index is 11.5. The van der Waals surface area contributed by atoms with Crippen molar-refractivity contribution in [2.45, 2.75) is 13.0 Å². The van der Waals surface area contributed by atoms with E-state index in [-0.39, 0.29) is 6.10 Å². The molecule has 1 aliphatic rings. The van der Waals surface area contributed by atoms with E-state index in [0.717, 1.165) is 5.69 Å². The third-order valence-electron chi connectivity index (χ3n) is 1.96. The van der Waals surface area contributed by atoms with Gasteiger partial charge in [-0.1, -0.05) is 11.6 Å². The van der Waals surface area contributed by atoms with Crippen molar-refractivity contribution in [2.24, 2.45) is 0 Å². The van der Waals surface area contributed by atoms with Gasteiger partial charge in [-0.05, 0) is 31.2 Å². The highest BCUT2D eigenvalue weighted by molar-refractivity contribution is 7.88. The Bertz CT molecular complexity index is 319. The Morgan fingerprint density at radius 1 is 1.50 bits per heavy atom. The van der Waals surface area contributed by atoms with Crippen LogP contribution in [0.25, 0.3) is 0 Å². The van der Waals surface area contributed by atoms with Gasteiger partial charge in [-0.3, -0.25) is 0 Å². The molecule has 5 heteroatoms. The average molecular weight is 232 g/mol. The minimum Gasteiger partial charge on any atom is -0.560 e. The number of nitrogens with zero attached hydrogens (tertiary/aromatic N) is 1. The first-order chi connectivity index (χ1) is 6.66. The van der Waals surface area contributed by atoms with E-state index in [1.807, 2.05) is 19.1 Å². The predicted molar refractivity (Wildman–Crippen MR) is 57.5 cm³/mol. The molecule has 2 atom stereocenters. The number of rotatable bonds is 1. The summed E-state index contributed by atoms with van der Waals surface area (Å²) in [4.78, 5) is 0. The molecule has 14 heavy (non-hydrogen) atoms. The Morgan fingerprint density at radius 2 is 2.14 bits per heavy atom. The summed E-state index contributed by atoms with van der Waals surface area (Å²) in [5.74, 6) is 0. The number of hydrogen-bond donors (Lipinski definition) is 0. The molecule has 0 saturated carbocycles. The van der Waals surface area contributed by atoms with Gasteiger partial charge < -0.3 is 4.55 Å². The van der Waals surface area contributed by atoms with Crippen molar-refractivity contribution >= 4 is 28.9 Å². The lowest BCUT2D eigenvalue weighted by atomic mass is 10.3. The quantitative estimate of drug-likeness (QED) is 0.695. The van der Waals surface area contributed by atoms with Crippen molar-refractivity contribution in [2.75, 3.05) is 10.8 Å². The third kappa shape index (κ3) is 1.98. The minimum atomic E-state index is -1.36. The largest absolute Gasteiger partial charge is 0.560 e. The molecule has 0 aliphatic carbocycles. The fraction of sp³-hybridized carbons (Fsp3) is 0.333. The van der Waals surface area contributed by atoms with Crippen LogP contribution in [0.4, 0.5) is 5.69 Å². The summed E-state index contributed by atoms with van der Waals surface area (Å²) in [5, 5.41) is 0.674. The van der Waals surface area contributed by atoms with Crippen molar-refractivity contribution in [3.63, 3.8) is 0 Å². The van der Waals surface area contributed by atoms with Gasteiger partial charge in [0.1, 0.15) is 6.10 Å². The lowest BCUT2D eigenvalue weighted by Gasteiger charge is -2.14. The van der Waals surface area contributed by atoms with Crippen LogP contribution in [0.5, 0.6) is 0 Å². The smallest absolute Gasteiger partial charge is 0.246 e. The minimum absolute atomic E-state index is 0.00603. The van der Waals surface area contributed by atoms with Crippen LogP contribution in [0.1, 0.15) is 6.92 Å². The Kier molecular flexibility index (Phi) is 2.88. The van der Waals surface area contributed by atoms with E-state index in [9.17, 15) is 4.55 Å². The zero-order valence-electron chi connectivity index (χ0n) is 7.64. The summed E-state index contributed by atoms with van der Waals surface area (Å²) in [6.45, 7) is 2.54. The predicted octanol–water partition coefficient (Wildman–Crippen LogP) is 2.14. The lowest BCUT2D eigenvalue weighted by Crippen LogP contribution is -2.25. The van der Waals surface area contributed by atoms with E-state index >= 15 is 0 Å². The molecule has 0 N–H and O–H groups in total. The summed E-state index contributed by atoms with van der Waals surface area (Å²) >= 11 is 4.40. The Morgan fingerprint density at radius 3 is 2.64 bits per heavy atom. The second-order valence-electron chi connectivity index (χ2n) is 3.16. The Balaban J connectivity index is 2.19. The Labute approximate surface area is 91.1 Å². The van der Waals surface area contributed by atoms with Gasteiger partial charge in [-0.2, -0.15) is 4.31 Å². The average Bonchev–Trinajstić information content (AvgIpc) is 2.47. The summed E-state index contributed by atoms with van der Waals surface area (Å²) < 4.78 is 18.3. The van der Waals surface area contributed by atoms with E-state index in [0.29, 0.717) is 11.6 Å². The van der Waals surface area contributed by atoms with Crippen LogP contribution >= 0.6 is 11.6 Å². The maximum Gasteiger partial charge on any atom is 0.246 e. The first kappa shape index (κ1) is 10.1. The third-order valence-corrected chi connectivity index (χ3v) is 3.43. The zero-order valence-corrected chi connectivity index (χ0v) is 9.22. The van der Waals surface area contributed by atoms with Crippen LogP contribution in [-0.2, 0) is 15.8 Å². The molecule has 1 aromatic rings. The van der Waals surface area contributed by atoms with E-state index in [1.54, 1.807) is 16.4 Å². The van der Waals surface area contributed by atoms with Gasteiger partial charge in [0.25, 0.3) is 0 Å². The van der Waals surface area contributed by atoms with Crippen LogP contribution in [-0.4, -0.2) is 17.2 Å². The van der Waals surface area contributed by atoms with E-state index in [1.165, 1.54) is 0 Å². The van der Waals surface area contributed by atoms with Gasteiger partial charge in [-0.15, -0.1) is 4.18 Å². The second-order valence-corrected chi connectivity index (χ2v) is 4.67. The fourth-order valence-electron chi connectivity index (χ4n) is 1.32. The van der Waals surface area contributed by atoms with Crippen molar-refractivity contribution in [3.8, 4) is 0 Å². The summed E-state index contributed by atoms with van der Waals surface area (Å²) in [5.41, 5.74) is 0.872. The lowest BCUT2D eigenvalue weighted by molar-refractivity contribution is 0.269. The Hall–Kier alpha value is -0.420. The van der Waals surface area contributed by atoms with Crippen molar-refractivity contribution in [3.05, 3.63) is 29.3 Å². The van der Waals surface area contributed by atoms with Crippen LogP contribution in [0.15, 0.2) is 24.3 Å². The van der Waals surface area contributed by atoms with Gasteiger partial charge in [0, 0.05) is 5.02 Å². The second kappa shape index (κ2) is 3.98. The molecule has 1 saturated heterocycles. The molecule has 1 aliphatic heterocycles. The topological polar surface area (TPSA) is 35.5 Å². The number of benzene rings is 1. The molecule has 2 rings (SSSR count). The first-order valence-corrected chi connectivity index (χ1v) is 5.70. The SMILES string of the molecule is C[C@@H]1CN(c2ccc(Cl)cc2)[S+]([O-])O1. The molecular formula is C9H10ClNO2S. The van der Waals surface area contributed by atoms with Crippen LogP contribution < -0.4 is 4.31 Å².